The van der Waals surface area contributed by atoms with Crippen molar-refractivity contribution in [2.75, 3.05) is 31.2 Å². The second-order valence-corrected chi connectivity index (χ2v) is 8.89. The van der Waals surface area contributed by atoms with Crippen LogP contribution in [0.4, 0.5) is 5.69 Å². The largest absolute Gasteiger partial charge is 0.384 e. The molecule has 0 aromatic heterocycles. The van der Waals surface area contributed by atoms with E-state index in [1.807, 2.05) is 18.2 Å². The van der Waals surface area contributed by atoms with Gasteiger partial charge in [-0.25, -0.2) is 12.7 Å². The molecule has 1 saturated heterocycles. The minimum atomic E-state index is -3.07. The molecule has 1 aromatic carbocycles. The lowest BCUT2D eigenvalue weighted by Gasteiger charge is -2.31. The van der Waals surface area contributed by atoms with Gasteiger partial charge in [0, 0.05) is 34.3 Å². The summed E-state index contributed by atoms with van der Waals surface area (Å²) >= 11 is 6.96. The molecular formula is C13H18Br2N2O2S. The summed E-state index contributed by atoms with van der Waals surface area (Å²) in [6.45, 7) is 2.04. The number of hydrogen-bond donors (Lipinski definition) is 1. The molecule has 2 rings (SSSR count). The summed E-state index contributed by atoms with van der Waals surface area (Å²) in [5.41, 5.74) is 1.02. The molecule has 1 heterocycles. The topological polar surface area (TPSA) is 49.4 Å². The Hall–Kier alpha value is -0.110. The van der Waals surface area contributed by atoms with Crippen molar-refractivity contribution in [1.29, 1.82) is 0 Å². The van der Waals surface area contributed by atoms with Crippen molar-refractivity contribution in [2.45, 2.75) is 12.8 Å². The number of nitrogens with one attached hydrogen (secondary N) is 1. The van der Waals surface area contributed by atoms with Gasteiger partial charge in [0.2, 0.25) is 10.0 Å². The van der Waals surface area contributed by atoms with Crippen LogP contribution in [0.1, 0.15) is 12.8 Å². The van der Waals surface area contributed by atoms with Gasteiger partial charge in [-0.1, -0.05) is 15.9 Å². The molecule has 1 aromatic rings. The minimum Gasteiger partial charge on any atom is -0.384 e. The number of nitrogens with zero attached hydrogens (tertiary/aromatic N) is 1. The molecule has 1 aliphatic rings. The number of piperidine rings is 1. The Morgan fingerprint density at radius 2 is 2.15 bits per heavy atom. The first-order valence-corrected chi connectivity index (χ1v) is 9.94. The third-order valence-corrected chi connectivity index (χ3v) is 5.91. The highest BCUT2D eigenvalue weighted by atomic mass is 79.9. The molecule has 0 spiro atoms. The maximum Gasteiger partial charge on any atom is 0.211 e. The maximum atomic E-state index is 11.6. The molecule has 112 valence electrons. The highest BCUT2D eigenvalue weighted by Gasteiger charge is 2.25. The monoisotopic (exact) mass is 424 g/mol. The van der Waals surface area contributed by atoms with Crippen molar-refractivity contribution in [2.24, 2.45) is 5.92 Å². The van der Waals surface area contributed by atoms with Crippen LogP contribution < -0.4 is 5.32 Å². The molecule has 20 heavy (non-hydrogen) atoms. The molecule has 1 fully saturated rings. The molecule has 1 N–H and O–H groups in total. The molecular weight excluding hydrogens is 408 g/mol. The zero-order valence-electron chi connectivity index (χ0n) is 11.3. The number of anilines is 1. The first kappa shape index (κ1) is 16.3. The summed E-state index contributed by atoms with van der Waals surface area (Å²) < 4.78 is 26.8. The normalized spacial score (nSPS) is 20.9. The molecule has 1 atom stereocenters. The van der Waals surface area contributed by atoms with Crippen molar-refractivity contribution >= 4 is 47.6 Å². The lowest BCUT2D eigenvalue weighted by molar-refractivity contribution is 0.277. The number of sulfonamides is 1. The van der Waals surface area contributed by atoms with E-state index in [0.717, 1.165) is 34.0 Å². The smallest absolute Gasteiger partial charge is 0.211 e. The van der Waals surface area contributed by atoms with Crippen LogP contribution in [0.5, 0.6) is 0 Å². The first-order valence-electron chi connectivity index (χ1n) is 6.50. The standard InChI is InChI=1S/C13H18Br2N2O2S/c1-20(18,19)17-6-2-3-10(9-17)8-16-13-7-11(14)4-5-12(13)15/h4-5,7,10,16H,2-3,6,8-9H2,1H3. The predicted octanol–water partition coefficient (Wildman–Crippen LogP) is 3.30. The van der Waals surface area contributed by atoms with Gasteiger partial charge in [-0.3, -0.25) is 0 Å². The molecule has 0 radical (unpaired) electrons. The van der Waals surface area contributed by atoms with Crippen LogP contribution in [0.2, 0.25) is 0 Å². The predicted molar refractivity (Wildman–Crippen MR) is 89.5 cm³/mol. The SMILES string of the molecule is CS(=O)(=O)N1CCCC(CNc2cc(Br)ccc2Br)C1. The van der Waals surface area contributed by atoms with E-state index in [1.165, 1.54) is 6.26 Å². The van der Waals surface area contributed by atoms with E-state index in [9.17, 15) is 8.42 Å². The van der Waals surface area contributed by atoms with E-state index in [-0.39, 0.29) is 0 Å². The van der Waals surface area contributed by atoms with Crippen LogP contribution in [0.3, 0.4) is 0 Å². The van der Waals surface area contributed by atoms with Gasteiger partial charge in [-0.2, -0.15) is 0 Å². The zero-order chi connectivity index (χ0) is 14.8. The van der Waals surface area contributed by atoms with E-state index < -0.39 is 10.0 Å². The first-order chi connectivity index (χ1) is 9.36. The zero-order valence-corrected chi connectivity index (χ0v) is 15.3. The van der Waals surface area contributed by atoms with E-state index >= 15 is 0 Å². The summed E-state index contributed by atoms with van der Waals surface area (Å²) in [4.78, 5) is 0. The molecule has 7 heteroatoms. The fraction of sp³-hybridized carbons (Fsp3) is 0.538. The van der Waals surface area contributed by atoms with Gasteiger partial charge in [-0.15, -0.1) is 0 Å². The van der Waals surface area contributed by atoms with Crippen LogP contribution in [0, 0.1) is 5.92 Å². The fourth-order valence-corrected chi connectivity index (χ4v) is 4.07. The molecule has 1 aliphatic heterocycles. The Kier molecular flexibility index (Phi) is 5.50. The van der Waals surface area contributed by atoms with Gasteiger partial charge >= 0.3 is 0 Å². The van der Waals surface area contributed by atoms with Gasteiger partial charge in [0.05, 0.1) is 6.26 Å². The van der Waals surface area contributed by atoms with Crippen molar-refractivity contribution in [3.63, 3.8) is 0 Å². The van der Waals surface area contributed by atoms with E-state index in [0.29, 0.717) is 19.0 Å². The van der Waals surface area contributed by atoms with Gasteiger partial charge in [-0.05, 0) is 52.9 Å². The number of halogens is 2. The lowest BCUT2D eigenvalue weighted by atomic mass is 9.99. The highest BCUT2D eigenvalue weighted by Crippen LogP contribution is 2.27. The Balaban J connectivity index is 1.95. The molecule has 0 aliphatic carbocycles. The maximum absolute atomic E-state index is 11.6. The van der Waals surface area contributed by atoms with Gasteiger partial charge < -0.3 is 5.32 Å². The molecule has 4 nitrogen and oxygen atoms in total. The van der Waals surface area contributed by atoms with Crippen LogP contribution >= 0.6 is 31.9 Å². The minimum absolute atomic E-state index is 0.351. The number of rotatable bonds is 4. The Morgan fingerprint density at radius 1 is 1.40 bits per heavy atom. The van der Waals surface area contributed by atoms with Crippen molar-refractivity contribution in [1.82, 2.24) is 4.31 Å². The van der Waals surface area contributed by atoms with E-state index in [1.54, 1.807) is 4.31 Å². The summed E-state index contributed by atoms with van der Waals surface area (Å²) in [7, 11) is -3.07. The van der Waals surface area contributed by atoms with E-state index in [2.05, 4.69) is 37.2 Å². The summed E-state index contributed by atoms with van der Waals surface area (Å²) in [6.07, 6.45) is 3.28. The summed E-state index contributed by atoms with van der Waals surface area (Å²) in [5.74, 6) is 0.351. The lowest BCUT2D eigenvalue weighted by Crippen LogP contribution is -2.41. The Labute approximate surface area is 137 Å². The highest BCUT2D eigenvalue weighted by molar-refractivity contribution is 9.11. The Morgan fingerprint density at radius 3 is 2.85 bits per heavy atom. The second-order valence-electron chi connectivity index (χ2n) is 5.13. The molecule has 0 amide bonds. The van der Waals surface area contributed by atoms with Crippen LogP contribution in [0.15, 0.2) is 27.1 Å². The average Bonchev–Trinajstić information content (AvgIpc) is 2.39. The number of benzene rings is 1. The van der Waals surface area contributed by atoms with Crippen molar-refractivity contribution in [3.8, 4) is 0 Å². The Bertz CT molecular complexity index is 578. The third kappa shape index (κ3) is 4.44. The van der Waals surface area contributed by atoms with Crippen LogP contribution in [-0.4, -0.2) is 38.6 Å². The van der Waals surface area contributed by atoms with Crippen molar-refractivity contribution < 1.29 is 8.42 Å². The average molecular weight is 426 g/mol. The summed E-state index contributed by atoms with van der Waals surface area (Å²) in [5, 5.41) is 3.40. The number of hydrogen-bond acceptors (Lipinski definition) is 3. The summed E-state index contributed by atoms with van der Waals surface area (Å²) in [6, 6.07) is 5.97. The second kappa shape index (κ2) is 6.77. The fourth-order valence-electron chi connectivity index (χ4n) is 2.38. The van der Waals surface area contributed by atoms with Gasteiger partial charge in [0.25, 0.3) is 0 Å². The molecule has 0 bridgehead atoms. The van der Waals surface area contributed by atoms with Gasteiger partial charge in [0.15, 0.2) is 0 Å². The van der Waals surface area contributed by atoms with Crippen LogP contribution in [0.25, 0.3) is 0 Å². The quantitative estimate of drug-likeness (QED) is 0.804. The van der Waals surface area contributed by atoms with Crippen molar-refractivity contribution in [3.05, 3.63) is 27.1 Å². The third-order valence-electron chi connectivity index (χ3n) is 3.46. The van der Waals surface area contributed by atoms with E-state index in [4.69, 9.17) is 0 Å². The molecule has 1 unspecified atom stereocenters. The van der Waals surface area contributed by atoms with Gasteiger partial charge in [0.1, 0.15) is 0 Å². The molecule has 0 saturated carbocycles. The van der Waals surface area contributed by atoms with Crippen LogP contribution in [-0.2, 0) is 10.0 Å².